The molecule has 1 heterocycles. The largest absolute Gasteiger partial charge is 0.325 e. The van der Waals surface area contributed by atoms with Gasteiger partial charge in [0.1, 0.15) is 0 Å². The van der Waals surface area contributed by atoms with E-state index in [1.807, 2.05) is 18.4 Å². The molecule has 1 amide bonds. The summed E-state index contributed by atoms with van der Waals surface area (Å²) in [6.07, 6.45) is 0. The summed E-state index contributed by atoms with van der Waals surface area (Å²) >= 11 is 7.46. The molecule has 0 aliphatic heterocycles. The molecule has 5 heteroatoms. The predicted octanol–water partition coefficient (Wildman–Crippen LogP) is 3.69. The zero-order valence-corrected chi connectivity index (χ0v) is 12.1. The molecule has 1 aromatic carbocycles. The highest BCUT2D eigenvalue weighted by molar-refractivity contribution is 7.10. The van der Waals surface area contributed by atoms with Gasteiger partial charge in [0.15, 0.2) is 0 Å². The lowest BCUT2D eigenvalue weighted by atomic mass is 10.2. The molecule has 2 aromatic rings. The van der Waals surface area contributed by atoms with Gasteiger partial charge >= 0.3 is 0 Å². The number of nitrogens with one attached hydrogen (secondary N) is 2. The van der Waals surface area contributed by atoms with E-state index in [1.54, 1.807) is 35.6 Å². The Morgan fingerprint density at radius 2 is 2.05 bits per heavy atom. The molecule has 0 saturated heterocycles. The van der Waals surface area contributed by atoms with Crippen LogP contribution in [-0.4, -0.2) is 12.5 Å². The van der Waals surface area contributed by atoms with Crippen LogP contribution in [0.2, 0.25) is 5.02 Å². The summed E-state index contributed by atoms with van der Waals surface area (Å²) < 4.78 is 0. The van der Waals surface area contributed by atoms with Crippen LogP contribution in [-0.2, 0) is 4.79 Å². The second-order valence-electron chi connectivity index (χ2n) is 4.17. The lowest BCUT2D eigenvalue weighted by molar-refractivity contribution is -0.115. The number of hydrogen-bond acceptors (Lipinski definition) is 3. The minimum absolute atomic E-state index is 0.0641. The number of thiophene rings is 1. The molecule has 1 aromatic heterocycles. The molecule has 0 saturated carbocycles. The third kappa shape index (κ3) is 4.35. The standard InChI is InChI=1S/C14H15ClN2OS/c1-10(13-3-2-8-19-13)16-9-14(18)17-12-6-4-11(15)5-7-12/h2-8,10,16H,9H2,1H3,(H,17,18). The molecule has 2 N–H and O–H groups in total. The first-order valence-corrected chi connectivity index (χ1v) is 7.23. The third-order valence-electron chi connectivity index (χ3n) is 2.67. The minimum atomic E-state index is -0.0641. The van der Waals surface area contributed by atoms with Crippen LogP contribution < -0.4 is 10.6 Å². The topological polar surface area (TPSA) is 41.1 Å². The Morgan fingerprint density at radius 3 is 2.68 bits per heavy atom. The SMILES string of the molecule is CC(NCC(=O)Nc1ccc(Cl)cc1)c1cccs1. The van der Waals surface area contributed by atoms with Gasteiger partial charge in [-0.1, -0.05) is 17.7 Å². The van der Waals surface area contributed by atoms with E-state index in [0.717, 1.165) is 5.69 Å². The normalized spacial score (nSPS) is 12.1. The van der Waals surface area contributed by atoms with Crippen LogP contribution in [0, 0.1) is 0 Å². The molecule has 1 atom stereocenters. The van der Waals surface area contributed by atoms with Crippen molar-refractivity contribution in [1.82, 2.24) is 5.32 Å². The summed E-state index contributed by atoms with van der Waals surface area (Å²) in [5.74, 6) is -0.0641. The maximum atomic E-state index is 11.8. The maximum absolute atomic E-state index is 11.8. The Labute approximate surface area is 121 Å². The Hall–Kier alpha value is -1.36. The number of rotatable bonds is 5. The summed E-state index contributed by atoms with van der Waals surface area (Å²) in [5, 5.41) is 8.69. The number of carbonyl (C=O) groups is 1. The predicted molar refractivity (Wildman–Crippen MR) is 80.8 cm³/mol. The van der Waals surface area contributed by atoms with Gasteiger partial charge in [0.05, 0.1) is 6.54 Å². The lowest BCUT2D eigenvalue weighted by Gasteiger charge is -2.12. The zero-order chi connectivity index (χ0) is 13.7. The second-order valence-corrected chi connectivity index (χ2v) is 5.59. The van der Waals surface area contributed by atoms with Gasteiger partial charge < -0.3 is 10.6 Å². The molecule has 0 aliphatic carbocycles. The quantitative estimate of drug-likeness (QED) is 0.883. The van der Waals surface area contributed by atoms with Gasteiger partial charge in [-0.05, 0) is 42.6 Å². The first-order chi connectivity index (χ1) is 9.15. The average molecular weight is 295 g/mol. The van der Waals surface area contributed by atoms with E-state index >= 15 is 0 Å². The Kier molecular flexibility index (Phi) is 4.96. The van der Waals surface area contributed by atoms with Crippen LogP contribution in [0.4, 0.5) is 5.69 Å². The van der Waals surface area contributed by atoms with Crippen molar-refractivity contribution in [3.05, 3.63) is 51.7 Å². The second kappa shape index (κ2) is 6.70. The van der Waals surface area contributed by atoms with Gasteiger partial charge in [-0.2, -0.15) is 0 Å². The Balaban J connectivity index is 1.80. The zero-order valence-electron chi connectivity index (χ0n) is 10.5. The minimum Gasteiger partial charge on any atom is -0.325 e. The molecule has 0 aliphatic rings. The smallest absolute Gasteiger partial charge is 0.238 e. The van der Waals surface area contributed by atoms with Crippen LogP contribution >= 0.6 is 22.9 Å². The maximum Gasteiger partial charge on any atom is 0.238 e. The Bertz CT molecular complexity index is 525. The highest BCUT2D eigenvalue weighted by Gasteiger charge is 2.08. The summed E-state index contributed by atoms with van der Waals surface area (Å²) in [6.45, 7) is 2.32. The van der Waals surface area contributed by atoms with Crippen molar-refractivity contribution in [2.75, 3.05) is 11.9 Å². The molecule has 1 unspecified atom stereocenters. The van der Waals surface area contributed by atoms with E-state index in [2.05, 4.69) is 16.7 Å². The van der Waals surface area contributed by atoms with E-state index in [0.29, 0.717) is 5.02 Å². The van der Waals surface area contributed by atoms with Crippen molar-refractivity contribution in [2.45, 2.75) is 13.0 Å². The third-order valence-corrected chi connectivity index (χ3v) is 3.97. The fourth-order valence-corrected chi connectivity index (χ4v) is 2.51. The number of hydrogen-bond donors (Lipinski definition) is 2. The van der Waals surface area contributed by atoms with Gasteiger partial charge in [0.25, 0.3) is 0 Å². The van der Waals surface area contributed by atoms with Crippen molar-refractivity contribution in [3.63, 3.8) is 0 Å². The molecule has 100 valence electrons. The van der Waals surface area contributed by atoms with Crippen LogP contribution in [0.25, 0.3) is 0 Å². The van der Waals surface area contributed by atoms with E-state index < -0.39 is 0 Å². The van der Waals surface area contributed by atoms with Gasteiger partial charge in [0, 0.05) is 21.6 Å². The fourth-order valence-electron chi connectivity index (χ4n) is 1.62. The summed E-state index contributed by atoms with van der Waals surface area (Å²) in [5.41, 5.74) is 0.750. The number of benzene rings is 1. The molecule has 19 heavy (non-hydrogen) atoms. The van der Waals surface area contributed by atoms with E-state index in [1.165, 1.54) is 4.88 Å². The van der Waals surface area contributed by atoms with Gasteiger partial charge in [-0.15, -0.1) is 11.3 Å². The van der Waals surface area contributed by atoms with Crippen molar-refractivity contribution in [3.8, 4) is 0 Å². The van der Waals surface area contributed by atoms with E-state index in [4.69, 9.17) is 11.6 Å². The van der Waals surface area contributed by atoms with Gasteiger partial charge in [-0.3, -0.25) is 4.79 Å². The van der Waals surface area contributed by atoms with Crippen LogP contribution in [0.1, 0.15) is 17.8 Å². The monoisotopic (exact) mass is 294 g/mol. The number of amides is 1. The van der Waals surface area contributed by atoms with Gasteiger partial charge in [0.2, 0.25) is 5.91 Å². The molecule has 0 spiro atoms. The summed E-state index contributed by atoms with van der Waals surface area (Å²) in [4.78, 5) is 13.0. The van der Waals surface area contributed by atoms with E-state index in [9.17, 15) is 4.79 Å². The van der Waals surface area contributed by atoms with Crippen molar-refractivity contribution < 1.29 is 4.79 Å². The summed E-state index contributed by atoms with van der Waals surface area (Å²) in [7, 11) is 0. The van der Waals surface area contributed by atoms with Crippen LogP contribution in [0.5, 0.6) is 0 Å². The first kappa shape index (κ1) is 14.1. The van der Waals surface area contributed by atoms with Crippen molar-refractivity contribution in [1.29, 1.82) is 0 Å². The first-order valence-electron chi connectivity index (χ1n) is 5.97. The molecule has 0 bridgehead atoms. The molecule has 3 nitrogen and oxygen atoms in total. The van der Waals surface area contributed by atoms with Crippen molar-refractivity contribution >= 4 is 34.5 Å². The highest BCUT2D eigenvalue weighted by Crippen LogP contribution is 2.18. The lowest BCUT2D eigenvalue weighted by Crippen LogP contribution is -2.29. The Morgan fingerprint density at radius 1 is 1.32 bits per heavy atom. The van der Waals surface area contributed by atoms with Crippen LogP contribution in [0.15, 0.2) is 41.8 Å². The molecular weight excluding hydrogens is 280 g/mol. The average Bonchev–Trinajstić information content (AvgIpc) is 2.93. The number of halogens is 1. The highest BCUT2D eigenvalue weighted by atomic mass is 35.5. The van der Waals surface area contributed by atoms with Crippen molar-refractivity contribution in [2.24, 2.45) is 0 Å². The van der Waals surface area contributed by atoms with Crippen LogP contribution in [0.3, 0.4) is 0 Å². The van der Waals surface area contributed by atoms with E-state index in [-0.39, 0.29) is 18.5 Å². The van der Waals surface area contributed by atoms with Gasteiger partial charge in [-0.25, -0.2) is 0 Å². The summed E-state index contributed by atoms with van der Waals surface area (Å²) in [6, 6.07) is 11.3. The number of anilines is 1. The number of carbonyl (C=O) groups excluding carboxylic acids is 1. The molecule has 0 fully saturated rings. The molecule has 0 radical (unpaired) electrons. The molecule has 2 rings (SSSR count). The molecular formula is C14H15ClN2OS. The fraction of sp³-hybridized carbons (Fsp3) is 0.214.